The number of anilines is 1. The lowest BCUT2D eigenvalue weighted by molar-refractivity contribution is -0.115. The molecule has 3 N–H and O–H groups in total. The number of carbonyl (C=O) groups is 1. The van der Waals surface area contributed by atoms with Crippen LogP contribution in [0.1, 0.15) is 38.1 Å². The van der Waals surface area contributed by atoms with Gasteiger partial charge in [0, 0.05) is 11.8 Å². The number of thioether (sulfide) groups is 1. The number of benzene rings is 2. The van der Waals surface area contributed by atoms with Gasteiger partial charge in [-0.3, -0.25) is 4.79 Å². The maximum Gasteiger partial charge on any atom is 0.237 e. The van der Waals surface area contributed by atoms with Crippen molar-refractivity contribution in [2.24, 2.45) is 0 Å². The summed E-state index contributed by atoms with van der Waals surface area (Å²) in [6, 6.07) is 13.2. The first-order chi connectivity index (χ1) is 15.9. The molecule has 0 aliphatic carbocycles. The number of nitrogen functional groups attached to an aromatic ring is 1. The molecule has 1 atom stereocenters. The maximum absolute atomic E-state index is 12.7. The molecule has 0 saturated heterocycles. The summed E-state index contributed by atoms with van der Waals surface area (Å²) in [5.74, 6) is 8.88. The zero-order valence-electron chi connectivity index (χ0n) is 18.8. The van der Waals surface area contributed by atoms with Crippen molar-refractivity contribution in [1.29, 1.82) is 0 Å². The molecular weight excluding hydrogens is 442 g/mol. The summed E-state index contributed by atoms with van der Waals surface area (Å²) in [4.78, 5) is 12.7. The highest BCUT2D eigenvalue weighted by Gasteiger charge is 2.21. The maximum atomic E-state index is 12.7. The van der Waals surface area contributed by atoms with Crippen molar-refractivity contribution in [1.82, 2.24) is 14.9 Å². The Labute approximate surface area is 196 Å². The number of nitrogens with two attached hydrogens (primary N) is 1. The summed E-state index contributed by atoms with van der Waals surface area (Å²) in [6.07, 6.45) is 0. The van der Waals surface area contributed by atoms with Crippen LogP contribution in [0.4, 0.5) is 5.69 Å². The molecule has 0 unspecified atom stereocenters. The van der Waals surface area contributed by atoms with Crippen LogP contribution in [0.15, 0.2) is 47.6 Å². The number of amides is 1. The van der Waals surface area contributed by atoms with Gasteiger partial charge in [0.2, 0.25) is 11.1 Å². The second kappa shape index (κ2) is 10.0. The van der Waals surface area contributed by atoms with Crippen LogP contribution in [0.25, 0.3) is 0 Å². The van der Waals surface area contributed by atoms with Gasteiger partial charge in [-0.25, -0.2) is 4.68 Å². The summed E-state index contributed by atoms with van der Waals surface area (Å²) in [7, 11) is 0. The standard InChI is InChI=1S/C23H27N5O4S/c1-14(2)16-4-7-18(8-5-16)32-13-21-26-27-23(28(21)24)33-15(3)22(29)25-17-6-9-19-20(12-17)31-11-10-30-19/h4-9,12,14-15H,10-11,13,24H2,1-3H3,(H,25,29)/t15-/m0/s1. The lowest BCUT2D eigenvalue weighted by atomic mass is 10.0. The minimum absolute atomic E-state index is 0.170. The van der Waals surface area contributed by atoms with Crippen molar-refractivity contribution >= 4 is 23.4 Å². The molecule has 1 aliphatic heterocycles. The molecule has 2 aromatic carbocycles. The van der Waals surface area contributed by atoms with E-state index >= 15 is 0 Å². The number of rotatable bonds is 8. The molecule has 0 spiro atoms. The Morgan fingerprint density at radius 3 is 2.58 bits per heavy atom. The van der Waals surface area contributed by atoms with Crippen LogP contribution >= 0.6 is 11.8 Å². The first-order valence-electron chi connectivity index (χ1n) is 10.7. The van der Waals surface area contributed by atoms with Gasteiger partial charge in [0.1, 0.15) is 25.6 Å². The Morgan fingerprint density at radius 2 is 1.85 bits per heavy atom. The molecule has 1 aliphatic rings. The Morgan fingerprint density at radius 1 is 1.12 bits per heavy atom. The van der Waals surface area contributed by atoms with Crippen LogP contribution in [0.2, 0.25) is 0 Å². The van der Waals surface area contributed by atoms with Gasteiger partial charge in [-0.15, -0.1) is 10.2 Å². The minimum atomic E-state index is -0.456. The molecule has 9 nitrogen and oxygen atoms in total. The van der Waals surface area contributed by atoms with E-state index in [0.717, 1.165) is 5.75 Å². The summed E-state index contributed by atoms with van der Waals surface area (Å²) in [5.41, 5.74) is 1.87. The highest BCUT2D eigenvalue weighted by atomic mass is 32.2. The molecule has 33 heavy (non-hydrogen) atoms. The number of hydrogen-bond donors (Lipinski definition) is 2. The second-order valence-electron chi connectivity index (χ2n) is 7.89. The smallest absolute Gasteiger partial charge is 0.237 e. The highest BCUT2D eigenvalue weighted by Crippen LogP contribution is 2.33. The van der Waals surface area contributed by atoms with E-state index in [1.54, 1.807) is 25.1 Å². The molecule has 1 aromatic heterocycles. The third kappa shape index (κ3) is 5.51. The predicted molar refractivity (Wildman–Crippen MR) is 126 cm³/mol. The summed E-state index contributed by atoms with van der Waals surface area (Å²) in [6.45, 7) is 7.23. The van der Waals surface area contributed by atoms with Crippen LogP contribution in [-0.2, 0) is 11.4 Å². The van der Waals surface area contributed by atoms with Crippen molar-refractivity contribution < 1.29 is 19.0 Å². The van der Waals surface area contributed by atoms with Crippen molar-refractivity contribution in [2.45, 2.75) is 43.7 Å². The third-order valence-corrected chi connectivity index (χ3v) is 6.17. The Balaban J connectivity index is 1.32. The molecule has 3 aromatic rings. The van der Waals surface area contributed by atoms with Gasteiger partial charge in [0.15, 0.2) is 17.3 Å². The highest BCUT2D eigenvalue weighted by molar-refractivity contribution is 8.00. The summed E-state index contributed by atoms with van der Waals surface area (Å²) in [5, 5.41) is 11.1. The van der Waals surface area contributed by atoms with E-state index in [4.69, 9.17) is 20.1 Å². The van der Waals surface area contributed by atoms with Crippen molar-refractivity contribution in [3.8, 4) is 17.2 Å². The van der Waals surface area contributed by atoms with E-state index in [9.17, 15) is 4.79 Å². The largest absolute Gasteiger partial charge is 0.486 e. The van der Waals surface area contributed by atoms with E-state index in [1.165, 1.54) is 22.0 Å². The van der Waals surface area contributed by atoms with Crippen LogP contribution in [0, 0.1) is 0 Å². The molecule has 0 saturated carbocycles. The van der Waals surface area contributed by atoms with Gasteiger partial charge >= 0.3 is 0 Å². The Kier molecular flexibility index (Phi) is 6.93. The summed E-state index contributed by atoms with van der Waals surface area (Å²) >= 11 is 1.21. The van der Waals surface area contributed by atoms with Gasteiger partial charge in [-0.2, -0.15) is 0 Å². The van der Waals surface area contributed by atoms with E-state index < -0.39 is 5.25 Å². The third-order valence-electron chi connectivity index (χ3n) is 5.11. The molecule has 0 radical (unpaired) electrons. The molecule has 1 amide bonds. The number of aromatic nitrogens is 3. The molecule has 2 heterocycles. The van der Waals surface area contributed by atoms with Crippen molar-refractivity contribution in [3.63, 3.8) is 0 Å². The molecule has 174 valence electrons. The number of hydrogen-bond acceptors (Lipinski definition) is 8. The molecule has 4 rings (SSSR count). The van der Waals surface area contributed by atoms with Gasteiger partial charge in [0.25, 0.3) is 0 Å². The zero-order chi connectivity index (χ0) is 23.4. The monoisotopic (exact) mass is 469 g/mol. The van der Waals surface area contributed by atoms with Gasteiger partial charge in [-0.05, 0) is 42.7 Å². The average Bonchev–Trinajstić information content (AvgIpc) is 3.16. The van der Waals surface area contributed by atoms with Crippen molar-refractivity contribution in [3.05, 3.63) is 53.9 Å². The fraction of sp³-hybridized carbons (Fsp3) is 0.348. The number of carbonyl (C=O) groups excluding carboxylic acids is 1. The average molecular weight is 470 g/mol. The van der Waals surface area contributed by atoms with Gasteiger partial charge in [0.05, 0.1) is 5.25 Å². The van der Waals surface area contributed by atoms with Crippen LogP contribution in [-0.4, -0.2) is 39.2 Å². The normalized spacial score (nSPS) is 13.6. The number of fused-ring (bicyclic) bond motifs is 1. The quantitative estimate of drug-likeness (QED) is 0.380. The first-order valence-corrected chi connectivity index (χ1v) is 11.6. The number of ether oxygens (including phenoxy) is 3. The van der Waals surface area contributed by atoms with Crippen LogP contribution < -0.4 is 25.4 Å². The van der Waals surface area contributed by atoms with Crippen LogP contribution in [0.5, 0.6) is 17.2 Å². The lowest BCUT2D eigenvalue weighted by Crippen LogP contribution is -2.24. The van der Waals surface area contributed by atoms with E-state index in [2.05, 4.69) is 29.4 Å². The Bertz CT molecular complexity index is 1120. The first kappa shape index (κ1) is 22.8. The van der Waals surface area contributed by atoms with E-state index in [0.29, 0.717) is 47.3 Å². The lowest BCUT2D eigenvalue weighted by Gasteiger charge is -2.19. The fourth-order valence-corrected chi connectivity index (χ4v) is 3.95. The topological polar surface area (TPSA) is 114 Å². The molecule has 10 heteroatoms. The fourth-order valence-electron chi connectivity index (χ4n) is 3.16. The van der Waals surface area contributed by atoms with Gasteiger partial charge in [-0.1, -0.05) is 37.7 Å². The molecule has 0 bridgehead atoms. The minimum Gasteiger partial charge on any atom is -0.486 e. The van der Waals surface area contributed by atoms with Gasteiger partial charge < -0.3 is 25.4 Å². The second-order valence-corrected chi connectivity index (χ2v) is 9.20. The zero-order valence-corrected chi connectivity index (χ0v) is 19.6. The summed E-state index contributed by atoms with van der Waals surface area (Å²) < 4.78 is 18.2. The van der Waals surface area contributed by atoms with Crippen LogP contribution in [0.3, 0.4) is 0 Å². The van der Waals surface area contributed by atoms with Crippen molar-refractivity contribution in [2.75, 3.05) is 24.4 Å². The molecular formula is C23H27N5O4S. The Hall–Kier alpha value is -3.40. The SMILES string of the molecule is CC(C)c1ccc(OCc2nnc(S[C@@H](C)C(=O)Nc3ccc4c(c3)OCCO4)n2N)cc1. The van der Waals surface area contributed by atoms with E-state index in [1.807, 2.05) is 24.3 Å². The number of nitrogens with one attached hydrogen (secondary N) is 1. The predicted octanol–water partition coefficient (Wildman–Crippen LogP) is 3.58. The number of nitrogens with zero attached hydrogens (tertiary/aromatic N) is 3. The van der Waals surface area contributed by atoms with E-state index in [-0.39, 0.29) is 12.5 Å². The molecule has 0 fully saturated rings.